The van der Waals surface area contributed by atoms with E-state index in [4.69, 9.17) is 4.74 Å². The Balaban J connectivity index is 1.80. The third-order valence-corrected chi connectivity index (χ3v) is 5.26. The number of benzene rings is 1. The number of aliphatic hydroxyl groups is 1. The van der Waals surface area contributed by atoms with Gasteiger partial charge in [0.2, 0.25) is 0 Å². The molecule has 3 rings (SSSR count). The minimum Gasteiger partial charge on any atom is -0.493 e. The highest BCUT2D eigenvalue weighted by molar-refractivity contribution is 9.10. The van der Waals surface area contributed by atoms with Crippen LogP contribution in [0.3, 0.4) is 0 Å². The smallest absolute Gasteiger partial charge is 0.125 e. The van der Waals surface area contributed by atoms with Gasteiger partial charge in [-0.1, -0.05) is 22.9 Å². The topological polar surface area (TPSA) is 32.7 Å². The van der Waals surface area contributed by atoms with Gasteiger partial charge in [0.1, 0.15) is 5.75 Å². The van der Waals surface area contributed by atoms with Crippen LogP contribution in [0.1, 0.15) is 37.3 Å². The molecule has 3 nitrogen and oxygen atoms in total. The molecule has 1 aromatic carbocycles. The first kappa shape index (κ1) is 15.3. The van der Waals surface area contributed by atoms with Gasteiger partial charge < -0.3 is 14.7 Å². The summed E-state index contributed by atoms with van der Waals surface area (Å²) < 4.78 is 6.89. The van der Waals surface area contributed by atoms with Gasteiger partial charge in [-0.05, 0) is 55.6 Å². The van der Waals surface area contributed by atoms with Crippen molar-refractivity contribution in [3.63, 3.8) is 0 Å². The summed E-state index contributed by atoms with van der Waals surface area (Å²) in [5, 5.41) is 11.0. The predicted octanol–water partition coefficient (Wildman–Crippen LogP) is 3.16. The minimum absolute atomic E-state index is 0.593. The number of nitrogens with zero attached hydrogens (tertiary/aromatic N) is 1. The van der Waals surface area contributed by atoms with Gasteiger partial charge in [-0.3, -0.25) is 0 Å². The van der Waals surface area contributed by atoms with E-state index in [9.17, 15) is 5.11 Å². The number of hydrogen-bond donors (Lipinski definition) is 1. The van der Waals surface area contributed by atoms with Gasteiger partial charge in [0.15, 0.2) is 0 Å². The maximum Gasteiger partial charge on any atom is 0.125 e. The molecule has 2 aliphatic heterocycles. The molecule has 2 heterocycles. The fourth-order valence-corrected chi connectivity index (χ4v) is 4.11. The Morgan fingerprint density at radius 2 is 2.19 bits per heavy atom. The zero-order chi connectivity index (χ0) is 14.9. The van der Waals surface area contributed by atoms with Gasteiger partial charge in [0.05, 0.1) is 12.2 Å². The summed E-state index contributed by atoms with van der Waals surface area (Å²) in [4.78, 5) is 2.43. The van der Waals surface area contributed by atoms with Gasteiger partial charge in [0.25, 0.3) is 0 Å². The lowest BCUT2D eigenvalue weighted by Gasteiger charge is -2.28. The van der Waals surface area contributed by atoms with E-state index in [1.165, 1.54) is 5.56 Å². The van der Waals surface area contributed by atoms with Crippen molar-refractivity contribution in [3.8, 4) is 5.75 Å². The summed E-state index contributed by atoms with van der Waals surface area (Å²) in [7, 11) is 0. The van der Waals surface area contributed by atoms with Gasteiger partial charge in [0, 0.05) is 23.9 Å². The first-order valence-corrected chi connectivity index (χ1v) is 8.78. The molecular weight excluding hydrogens is 330 g/mol. The molecule has 0 aromatic heterocycles. The molecule has 1 fully saturated rings. The molecule has 1 atom stereocenters. The lowest BCUT2D eigenvalue weighted by Crippen LogP contribution is -2.33. The molecule has 0 spiro atoms. The molecular formula is C17H24BrNO2. The van der Waals surface area contributed by atoms with Crippen LogP contribution in [0, 0.1) is 0 Å². The number of rotatable bonds is 3. The third-order valence-electron chi connectivity index (χ3n) is 4.80. The number of ether oxygens (including phenoxy) is 1. The summed E-state index contributed by atoms with van der Waals surface area (Å²) in [6, 6.07) is 4.26. The van der Waals surface area contributed by atoms with Crippen LogP contribution >= 0.6 is 15.9 Å². The second-order valence-electron chi connectivity index (χ2n) is 6.34. The van der Waals surface area contributed by atoms with Gasteiger partial charge in [-0.2, -0.15) is 0 Å². The molecule has 0 aliphatic carbocycles. The van der Waals surface area contributed by atoms with E-state index in [1.807, 2.05) is 0 Å². The zero-order valence-corrected chi connectivity index (χ0v) is 14.3. The lowest BCUT2D eigenvalue weighted by molar-refractivity contribution is 0.0253. The van der Waals surface area contributed by atoms with Crippen LogP contribution in [0.15, 0.2) is 16.6 Å². The Morgan fingerprint density at radius 3 is 3.00 bits per heavy atom. The summed E-state index contributed by atoms with van der Waals surface area (Å²) >= 11 is 3.59. The minimum atomic E-state index is -0.593. The highest BCUT2D eigenvalue weighted by atomic mass is 79.9. The molecule has 0 amide bonds. The van der Waals surface area contributed by atoms with Crippen molar-refractivity contribution in [3.05, 3.63) is 27.7 Å². The Kier molecular flexibility index (Phi) is 4.57. The predicted molar refractivity (Wildman–Crippen MR) is 88.0 cm³/mol. The average molecular weight is 354 g/mol. The molecule has 0 saturated carbocycles. The van der Waals surface area contributed by atoms with Crippen LogP contribution in [0.4, 0.5) is 0 Å². The highest BCUT2D eigenvalue weighted by Gasteiger charge is 2.32. The lowest BCUT2D eigenvalue weighted by atomic mass is 9.87. The number of likely N-dealkylation sites (tertiary alicyclic amines) is 1. The molecule has 116 valence electrons. The van der Waals surface area contributed by atoms with Crippen LogP contribution in [0.25, 0.3) is 0 Å². The van der Waals surface area contributed by atoms with Crippen molar-refractivity contribution < 1.29 is 9.84 Å². The van der Waals surface area contributed by atoms with Crippen molar-refractivity contribution in [1.29, 1.82) is 0 Å². The van der Waals surface area contributed by atoms with E-state index < -0.39 is 5.60 Å². The van der Waals surface area contributed by atoms with Crippen LogP contribution < -0.4 is 4.74 Å². The van der Waals surface area contributed by atoms with E-state index in [1.54, 1.807) is 0 Å². The normalized spacial score (nSPS) is 26.2. The molecule has 0 radical (unpaired) electrons. The van der Waals surface area contributed by atoms with E-state index in [-0.39, 0.29) is 0 Å². The Labute approximate surface area is 135 Å². The standard InChI is InChI=1S/C17H24BrNO2/c1-2-19-7-3-5-17(20,6-8-19)12-14-11-15(18)10-13-4-9-21-16(13)14/h10-11,20H,2-9,12H2,1H3. The summed E-state index contributed by atoms with van der Waals surface area (Å²) in [6.07, 6.45) is 4.48. The Hall–Kier alpha value is -0.580. The van der Waals surface area contributed by atoms with Crippen molar-refractivity contribution in [2.75, 3.05) is 26.2 Å². The maximum atomic E-state index is 11.0. The molecule has 0 bridgehead atoms. The van der Waals surface area contributed by atoms with Crippen LogP contribution in [0.5, 0.6) is 5.75 Å². The summed E-state index contributed by atoms with van der Waals surface area (Å²) in [5.74, 6) is 1.02. The highest BCUT2D eigenvalue weighted by Crippen LogP contribution is 2.37. The SMILES string of the molecule is CCN1CCCC(O)(Cc2cc(Br)cc3c2OCC3)CC1. The molecule has 1 saturated heterocycles. The quantitative estimate of drug-likeness (QED) is 0.905. The fourth-order valence-electron chi connectivity index (χ4n) is 3.56. The second-order valence-corrected chi connectivity index (χ2v) is 7.26. The number of halogens is 1. The van der Waals surface area contributed by atoms with Crippen molar-refractivity contribution in [2.45, 2.75) is 44.6 Å². The first-order valence-electron chi connectivity index (χ1n) is 7.98. The maximum absolute atomic E-state index is 11.0. The second kappa shape index (κ2) is 6.27. The summed E-state index contributed by atoms with van der Waals surface area (Å²) in [6.45, 7) is 6.13. The van der Waals surface area contributed by atoms with E-state index in [0.29, 0.717) is 6.42 Å². The van der Waals surface area contributed by atoms with E-state index in [2.05, 4.69) is 39.9 Å². The third kappa shape index (κ3) is 3.43. The van der Waals surface area contributed by atoms with Crippen molar-refractivity contribution >= 4 is 15.9 Å². The van der Waals surface area contributed by atoms with Gasteiger partial charge in [-0.15, -0.1) is 0 Å². The zero-order valence-electron chi connectivity index (χ0n) is 12.7. The molecule has 1 N–H and O–H groups in total. The number of fused-ring (bicyclic) bond motifs is 1. The van der Waals surface area contributed by atoms with E-state index >= 15 is 0 Å². The van der Waals surface area contributed by atoms with Crippen molar-refractivity contribution in [2.24, 2.45) is 0 Å². The average Bonchev–Trinajstić information content (AvgIpc) is 2.82. The molecule has 21 heavy (non-hydrogen) atoms. The molecule has 4 heteroatoms. The first-order chi connectivity index (χ1) is 10.1. The van der Waals surface area contributed by atoms with Crippen LogP contribution in [0.2, 0.25) is 0 Å². The van der Waals surface area contributed by atoms with Crippen LogP contribution in [-0.2, 0) is 12.8 Å². The van der Waals surface area contributed by atoms with Gasteiger partial charge >= 0.3 is 0 Å². The van der Waals surface area contributed by atoms with Gasteiger partial charge in [-0.25, -0.2) is 0 Å². The van der Waals surface area contributed by atoms with Crippen molar-refractivity contribution in [1.82, 2.24) is 4.90 Å². The molecule has 1 aromatic rings. The Bertz CT molecular complexity index is 520. The Morgan fingerprint density at radius 1 is 1.33 bits per heavy atom. The molecule has 1 unspecified atom stereocenters. The molecule has 2 aliphatic rings. The largest absolute Gasteiger partial charge is 0.493 e. The fraction of sp³-hybridized carbons (Fsp3) is 0.647. The number of hydrogen-bond acceptors (Lipinski definition) is 3. The van der Waals surface area contributed by atoms with E-state index in [0.717, 1.165) is 67.7 Å². The monoisotopic (exact) mass is 353 g/mol. The summed E-state index contributed by atoms with van der Waals surface area (Å²) in [5.41, 5.74) is 1.83. The van der Waals surface area contributed by atoms with Crippen LogP contribution in [-0.4, -0.2) is 41.8 Å².